The summed E-state index contributed by atoms with van der Waals surface area (Å²) in [5, 5.41) is 11.5. The minimum atomic E-state index is -0.850. The average Bonchev–Trinajstić information content (AvgIpc) is 2.55. The van der Waals surface area contributed by atoms with Gasteiger partial charge in [-0.25, -0.2) is 4.79 Å². The molecule has 1 aromatic heterocycles. The molecule has 1 heterocycles. The molecule has 0 bridgehead atoms. The van der Waals surface area contributed by atoms with Crippen molar-refractivity contribution in [2.24, 2.45) is 0 Å². The molecule has 0 unspecified atom stereocenters. The van der Waals surface area contributed by atoms with Crippen LogP contribution >= 0.6 is 11.3 Å². The Hall–Kier alpha value is -0.870. The third kappa shape index (κ3) is 4.99. The number of hydrogen-bond acceptors (Lipinski definition) is 3. The van der Waals surface area contributed by atoms with Gasteiger partial charge in [0.05, 0.1) is 0 Å². The van der Waals surface area contributed by atoms with Gasteiger partial charge in [-0.05, 0) is 19.2 Å². The first-order valence-corrected chi connectivity index (χ1v) is 5.43. The normalized spacial score (nSPS) is 9.07. The standard InChI is InChI=1S/C7H9NO2S.C3H8/c1-8-4-5-2-3-6(11-5)7(9)10;1-3-2/h2-3,8H,4H2,1H3,(H,9,10);3H2,1-2H3. The van der Waals surface area contributed by atoms with Gasteiger partial charge in [-0.1, -0.05) is 20.3 Å². The van der Waals surface area contributed by atoms with Gasteiger partial charge in [0.1, 0.15) is 4.88 Å². The van der Waals surface area contributed by atoms with Crippen LogP contribution in [0.15, 0.2) is 12.1 Å². The van der Waals surface area contributed by atoms with Crippen molar-refractivity contribution in [1.82, 2.24) is 5.32 Å². The van der Waals surface area contributed by atoms with E-state index in [9.17, 15) is 4.79 Å². The van der Waals surface area contributed by atoms with Crippen molar-refractivity contribution in [1.29, 1.82) is 0 Å². The molecule has 0 saturated heterocycles. The molecule has 2 N–H and O–H groups in total. The molecule has 4 heteroatoms. The molecule has 0 spiro atoms. The molecule has 0 aliphatic heterocycles. The first-order chi connectivity index (χ1) is 6.65. The van der Waals surface area contributed by atoms with E-state index >= 15 is 0 Å². The Balaban J connectivity index is 0.000000500. The summed E-state index contributed by atoms with van der Waals surface area (Å²) in [6.45, 7) is 4.98. The molecule has 1 aromatic rings. The maximum atomic E-state index is 10.4. The number of hydrogen-bond donors (Lipinski definition) is 2. The summed E-state index contributed by atoms with van der Waals surface area (Å²) in [6, 6.07) is 3.45. The van der Waals surface area contributed by atoms with E-state index in [0.29, 0.717) is 4.88 Å². The van der Waals surface area contributed by atoms with Crippen molar-refractivity contribution in [2.45, 2.75) is 26.8 Å². The SMILES string of the molecule is CCC.CNCc1ccc(C(=O)O)s1. The second-order valence-electron chi connectivity index (χ2n) is 2.81. The summed E-state index contributed by atoms with van der Waals surface area (Å²) >= 11 is 1.30. The molecule has 0 aromatic carbocycles. The van der Waals surface area contributed by atoms with Crippen molar-refractivity contribution in [3.63, 3.8) is 0 Å². The molecule has 14 heavy (non-hydrogen) atoms. The summed E-state index contributed by atoms with van der Waals surface area (Å²) in [5.41, 5.74) is 0. The molecule has 0 fully saturated rings. The van der Waals surface area contributed by atoms with Crippen LogP contribution in [0, 0.1) is 0 Å². The summed E-state index contributed by atoms with van der Waals surface area (Å²) in [7, 11) is 1.83. The number of carboxylic acids is 1. The molecule has 0 radical (unpaired) electrons. The van der Waals surface area contributed by atoms with Crippen molar-refractivity contribution < 1.29 is 9.90 Å². The zero-order valence-corrected chi connectivity index (χ0v) is 9.65. The maximum absolute atomic E-state index is 10.4. The van der Waals surface area contributed by atoms with E-state index in [1.165, 1.54) is 17.8 Å². The Morgan fingerprint density at radius 3 is 2.43 bits per heavy atom. The molecule has 0 aliphatic carbocycles. The van der Waals surface area contributed by atoms with E-state index in [-0.39, 0.29) is 0 Å². The van der Waals surface area contributed by atoms with Gasteiger partial charge in [-0.2, -0.15) is 0 Å². The number of carbonyl (C=O) groups is 1. The lowest BCUT2D eigenvalue weighted by Gasteiger charge is -1.90. The molecular formula is C10H17NO2S. The second kappa shape index (κ2) is 7.53. The van der Waals surface area contributed by atoms with E-state index in [1.54, 1.807) is 6.07 Å². The number of aromatic carboxylic acids is 1. The van der Waals surface area contributed by atoms with Crippen LogP contribution < -0.4 is 5.32 Å². The van der Waals surface area contributed by atoms with Gasteiger partial charge in [-0.3, -0.25) is 0 Å². The summed E-state index contributed by atoms with van der Waals surface area (Å²) < 4.78 is 0. The monoisotopic (exact) mass is 215 g/mol. The highest BCUT2D eigenvalue weighted by Gasteiger charge is 2.05. The van der Waals surface area contributed by atoms with Crippen LogP contribution in [-0.2, 0) is 6.54 Å². The molecule has 0 atom stereocenters. The lowest BCUT2D eigenvalue weighted by molar-refractivity contribution is 0.0702. The van der Waals surface area contributed by atoms with Crippen LogP contribution in [0.25, 0.3) is 0 Å². The molecule has 80 valence electrons. The fourth-order valence-electron chi connectivity index (χ4n) is 0.762. The smallest absolute Gasteiger partial charge is 0.345 e. The minimum Gasteiger partial charge on any atom is -0.477 e. The van der Waals surface area contributed by atoms with Gasteiger partial charge in [0.2, 0.25) is 0 Å². The van der Waals surface area contributed by atoms with Gasteiger partial charge in [0.15, 0.2) is 0 Å². The van der Waals surface area contributed by atoms with Crippen molar-refractivity contribution in [3.8, 4) is 0 Å². The number of thiophene rings is 1. The first-order valence-electron chi connectivity index (χ1n) is 4.62. The zero-order chi connectivity index (χ0) is 11.0. The Morgan fingerprint density at radius 1 is 1.50 bits per heavy atom. The van der Waals surface area contributed by atoms with Gasteiger partial charge in [-0.15, -0.1) is 11.3 Å². The zero-order valence-electron chi connectivity index (χ0n) is 8.83. The average molecular weight is 215 g/mol. The van der Waals surface area contributed by atoms with Crippen LogP contribution in [0.2, 0.25) is 0 Å². The fraction of sp³-hybridized carbons (Fsp3) is 0.500. The van der Waals surface area contributed by atoms with Crippen molar-refractivity contribution in [3.05, 3.63) is 21.9 Å². The largest absolute Gasteiger partial charge is 0.477 e. The maximum Gasteiger partial charge on any atom is 0.345 e. The third-order valence-corrected chi connectivity index (χ3v) is 2.30. The molecular weight excluding hydrogens is 198 g/mol. The van der Waals surface area contributed by atoms with Crippen LogP contribution in [0.1, 0.15) is 34.8 Å². The van der Waals surface area contributed by atoms with E-state index < -0.39 is 5.97 Å². The van der Waals surface area contributed by atoms with E-state index in [1.807, 2.05) is 13.1 Å². The molecule has 1 rings (SSSR count). The number of rotatable bonds is 3. The van der Waals surface area contributed by atoms with Crippen molar-refractivity contribution in [2.75, 3.05) is 7.05 Å². The van der Waals surface area contributed by atoms with Gasteiger partial charge in [0, 0.05) is 11.4 Å². The topological polar surface area (TPSA) is 49.3 Å². The summed E-state index contributed by atoms with van der Waals surface area (Å²) in [5.74, 6) is -0.850. The highest BCUT2D eigenvalue weighted by atomic mass is 32.1. The van der Waals surface area contributed by atoms with Crippen LogP contribution in [0.4, 0.5) is 0 Å². The Labute approximate surface area is 88.8 Å². The van der Waals surface area contributed by atoms with E-state index in [4.69, 9.17) is 5.11 Å². The molecule has 0 aliphatic rings. The van der Waals surface area contributed by atoms with Crippen LogP contribution in [0.5, 0.6) is 0 Å². The number of carboxylic acid groups (broad SMARTS) is 1. The van der Waals surface area contributed by atoms with Gasteiger partial charge < -0.3 is 10.4 Å². The lowest BCUT2D eigenvalue weighted by atomic mass is 10.4. The Bertz CT molecular complexity index is 271. The van der Waals surface area contributed by atoms with Crippen LogP contribution in [0.3, 0.4) is 0 Å². The highest BCUT2D eigenvalue weighted by Crippen LogP contribution is 2.15. The first kappa shape index (κ1) is 13.1. The number of nitrogens with one attached hydrogen (secondary N) is 1. The van der Waals surface area contributed by atoms with E-state index in [0.717, 1.165) is 11.4 Å². The Kier molecular flexibility index (Phi) is 7.06. The summed E-state index contributed by atoms with van der Waals surface area (Å²) in [4.78, 5) is 11.9. The minimum absolute atomic E-state index is 0.398. The molecule has 3 nitrogen and oxygen atoms in total. The van der Waals surface area contributed by atoms with Crippen molar-refractivity contribution >= 4 is 17.3 Å². The second-order valence-corrected chi connectivity index (χ2v) is 3.98. The molecule has 0 amide bonds. The summed E-state index contributed by atoms with van der Waals surface area (Å²) in [6.07, 6.45) is 1.25. The van der Waals surface area contributed by atoms with Crippen LogP contribution in [-0.4, -0.2) is 18.1 Å². The Morgan fingerprint density at radius 2 is 2.07 bits per heavy atom. The van der Waals surface area contributed by atoms with Gasteiger partial charge >= 0.3 is 5.97 Å². The lowest BCUT2D eigenvalue weighted by Crippen LogP contribution is -2.02. The molecule has 0 saturated carbocycles. The van der Waals surface area contributed by atoms with Gasteiger partial charge in [0.25, 0.3) is 0 Å². The van der Waals surface area contributed by atoms with E-state index in [2.05, 4.69) is 19.2 Å². The fourth-order valence-corrected chi connectivity index (χ4v) is 1.62. The highest BCUT2D eigenvalue weighted by molar-refractivity contribution is 7.13. The quantitative estimate of drug-likeness (QED) is 0.814. The predicted octanol–water partition coefficient (Wildman–Crippen LogP) is 2.58. The third-order valence-electron chi connectivity index (χ3n) is 1.22. The predicted molar refractivity (Wildman–Crippen MR) is 60.0 cm³/mol.